The van der Waals surface area contributed by atoms with E-state index in [0.717, 1.165) is 22.7 Å². The van der Waals surface area contributed by atoms with E-state index in [4.69, 9.17) is 4.74 Å². The molecule has 0 atom stereocenters. The molecule has 0 aliphatic carbocycles. The maximum Gasteiger partial charge on any atom is 0.257 e. The molecular weight excluding hydrogens is 350 g/mol. The highest BCUT2D eigenvalue weighted by atomic mass is 32.2. The molecule has 3 rings (SSSR count). The highest BCUT2D eigenvalue weighted by molar-refractivity contribution is 7.99. The summed E-state index contributed by atoms with van der Waals surface area (Å²) in [4.78, 5) is 28.8. The van der Waals surface area contributed by atoms with Crippen molar-refractivity contribution in [2.24, 2.45) is 0 Å². The van der Waals surface area contributed by atoms with Crippen molar-refractivity contribution in [1.82, 2.24) is 14.9 Å². The summed E-state index contributed by atoms with van der Waals surface area (Å²) in [6.07, 6.45) is 0. The lowest BCUT2D eigenvalue weighted by atomic mass is 10.2. The van der Waals surface area contributed by atoms with Crippen LogP contribution in [0.15, 0.2) is 53.7 Å². The molecule has 0 bridgehead atoms. The normalized spacial score (nSPS) is 10.7. The lowest BCUT2D eigenvalue weighted by molar-refractivity contribution is -0.117. The van der Waals surface area contributed by atoms with E-state index in [9.17, 15) is 9.59 Å². The minimum absolute atomic E-state index is 0.116. The number of aromatic nitrogens is 2. The van der Waals surface area contributed by atoms with Crippen LogP contribution < -0.4 is 10.1 Å². The molecule has 26 heavy (non-hydrogen) atoms. The zero-order chi connectivity index (χ0) is 18.5. The fraction of sp³-hybridized carbons (Fsp3) is 0.211. The lowest BCUT2D eigenvalue weighted by Gasteiger charge is -2.07. The Morgan fingerprint density at radius 1 is 1.15 bits per heavy atom. The number of carbonyl (C=O) groups is 2. The number of imidazole rings is 1. The molecule has 134 valence electrons. The first kappa shape index (κ1) is 18.0. The molecule has 2 amide bonds. The van der Waals surface area contributed by atoms with Gasteiger partial charge in [-0.15, -0.1) is 0 Å². The van der Waals surface area contributed by atoms with Gasteiger partial charge in [-0.05, 0) is 43.3 Å². The van der Waals surface area contributed by atoms with E-state index in [1.807, 2.05) is 31.2 Å². The van der Waals surface area contributed by atoms with Gasteiger partial charge in [-0.25, -0.2) is 4.98 Å². The first-order valence-corrected chi connectivity index (χ1v) is 9.17. The molecule has 0 fully saturated rings. The molecule has 1 heterocycles. The summed E-state index contributed by atoms with van der Waals surface area (Å²) in [6.45, 7) is 2.79. The number of para-hydroxylation sites is 2. The Balaban J connectivity index is 1.62. The average molecular weight is 369 g/mol. The smallest absolute Gasteiger partial charge is 0.257 e. The Labute approximate surface area is 155 Å². The van der Waals surface area contributed by atoms with Crippen LogP contribution in [0.5, 0.6) is 5.75 Å². The summed E-state index contributed by atoms with van der Waals surface area (Å²) in [7, 11) is 1.56. The SMILES string of the molecule is CCn1c(SCC(=O)NC(=O)c2ccc(OC)cc2)nc2ccccc21. The first-order valence-electron chi connectivity index (χ1n) is 8.18. The van der Waals surface area contributed by atoms with Crippen LogP contribution in [0.3, 0.4) is 0 Å². The summed E-state index contributed by atoms with van der Waals surface area (Å²) in [5, 5.41) is 3.16. The third kappa shape index (κ3) is 3.88. The standard InChI is InChI=1S/C19H19N3O3S/c1-3-22-16-7-5-4-6-15(16)20-19(22)26-12-17(23)21-18(24)13-8-10-14(25-2)11-9-13/h4-11H,3,12H2,1-2H3,(H,21,23,24). The van der Waals surface area contributed by atoms with Crippen LogP contribution in [-0.2, 0) is 11.3 Å². The van der Waals surface area contributed by atoms with Gasteiger partial charge in [0.05, 0.1) is 23.9 Å². The monoisotopic (exact) mass is 369 g/mol. The van der Waals surface area contributed by atoms with Crippen LogP contribution in [-0.4, -0.2) is 34.2 Å². The van der Waals surface area contributed by atoms with Crippen molar-refractivity contribution in [2.75, 3.05) is 12.9 Å². The maximum absolute atomic E-state index is 12.1. The number of hydrogen-bond acceptors (Lipinski definition) is 5. The third-order valence-corrected chi connectivity index (χ3v) is 4.85. The number of rotatable bonds is 6. The van der Waals surface area contributed by atoms with Crippen LogP contribution in [0.4, 0.5) is 0 Å². The summed E-state index contributed by atoms with van der Waals surface area (Å²) >= 11 is 1.32. The van der Waals surface area contributed by atoms with Crippen molar-refractivity contribution in [1.29, 1.82) is 0 Å². The second kappa shape index (κ2) is 8.05. The van der Waals surface area contributed by atoms with E-state index >= 15 is 0 Å². The maximum atomic E-state index is 12.1. The molecule has 0 saturated carbocycles. The molecule has 1 N–H and O–H groups in total. The molecule has 0 aliphatic rings. The fourth-order valence-electron chi connectivity index (χ4n) is 2.58. The molecule has 0 saturated heterocycles. The molecule has 3 aromatic rings. The Kier molecular flexibility index (Phi) is 5.58. The highest BCUT2D eigenvalue weighted by Gasteiger charge is 2.14. The fourth-order valence-corrected chi connectivity index (χ4v) is 3.46. The van der Waals surface area contributed by atoms with Crippen LogP contribution in [0.1, 0.15) is 17.3 Å². The zero-order valence-corrected chi connectivity index (χ0v) is 15.4. The molecule has 1 aromatic heterocycles. The molecule has 0 radical (unpaired) electrons. The average Bonchev–Trinajstić information content (AvgIpc) is 3.04. The van der Waals surface area contributed by atoms with E-state index in [0.29, 0.717) is 11.3 Å². The number of ether oxygens (including phenoxy) is 1. The van der Waals surface area contributed by atoms with Crippen molar-refractivity contribution >= 4 is 34.6 Å². The number of methoxy groups -OCH3 is 1. The number of benzene rings is 2. The van der Waals surface area contributed by atoms with E-state index < -0.39 is 5.91 Å². The molecule has 0 unspecified atom stereocenters. The summed E-state index contributed by atoms with van der Waals surface area (Å²) in [5.74, 6) is -0.0136. The Morgan fingerprint density at radius 3 is 2.58 bits per heavy atom. The predicted molar refractivity (Wildman–Crippen MR) is 102 cm³/mol. The van der Waals surface area contributed by atoms with Gasteiger partial charge in [-0.1, -0.05) is 23.9 Å². The quantitative estimate of drug-likeness (QED) is 0.676. The van der Waals surface area contributed by atoms with E-state index in [2.05, 4.69) is 14.9 Å². The van der Waals surface area contributed by atoms with Gasteiger partial charge in [0.2, 0.25) is 5.91 Å². The number of nitrogens with zero attached hydrogens (tertiary/aromatic N) is 2. The number of carbonyl (C=O) groups excluding carboxylic acids is 2. The van der Waals surface area contributed by atoms with Crippen molar-refractivity contribution < 1.29 is 14.3 Å². The Bertz CT molecular complexity index is 935. The number of fused-ring (bicyclic) bond motifs is 1. The number of amides is 2. The van der Waals surface area contributed by atoms with Crippen LogP contribution in [0, 0.1) is 0 Å². The van der Waals surface area contributed by atoms with Gasteiger partial charge in [0, 0.05) is 12.1 Å². The third-order valence-electron chi connectivity index (χ3n) is 3.87. The largest absolute Gasteiger partial charge is 0.497 e. The second-order valence-electron chi connectivity index (χ2n) is 5.52. The minimum atomic E-state index is -0.428. The zero-order valence-electron chi connectivity index (χ0n) is 14.6. The van der Waals surface area contributed by atoms with Gasteiger partial charge in [-0.2, -0.15) is 0 Å². The Hall–Kier alpha value is -2.80. The molecular formula is C19H19N3O3S. The van der Waals surface area contributed by atoms with Crippen molar-refractivity contribution in [2.45, 2.75) is 18.6 Å². The van der Waals surface area contributed by atoms with E-state index in [1.165, 1.54) is 11.8 Å². The number of hydrogen-bond donors (Lipinski definition) is 1. The number of nitrogens with one attached hydrogen (secondary N) is 1. The van der Waals surface area contributed by atoms with Gasteiger partial charge >= 0.3 is 0 Å². The van der Waals surface area contributed by atoms with Gasteiger partial charge < -0.3 is 9.30 Å². The lowest BCUT2D eigenvalue weighted by Crippen LogP contribution is -2.31. The van der Waals surface area contributed by atoms with Crippen LogP contribution in [0.25, 0.3) is 11.0 Å². The highest BCUT2D eigenvalue weighted by Crippen LogP contribution is 2.23. The van der Waals surface area contributed by atoms with Crippen LogP contribution >= 0.6 is 11.8 Å². The summed E-state index contributed by atoms with van der Waals surface area (Å²) < 4.78 is 7.11. The first-order chi connectivity index (χ1) is 12.6. The number of thioether (sulfide) groups is 1. The molecule has 0 aliphatic heterocycles. The predicted octanol–water partition coefficient (Wildman–Crippen LogP) is 3.11. The van der Waals surface area contributed by atoms with Gasteiger partial charge in [0.15, 0.2) is 5.16 Å². The topological polar surface area (TPSA) is 73.2 Å². The van der Waals surface area contributed by atoms with Gasteiger partial charge in [-0.3, -0.25) is 14.9 Å². The number of imide groups is 1. The van der Waals surface area contributed by atoms with Crippen LogP contribution in [0.2, 0.25) is 0 Å². The summed E-state index contributed by atoms with van der Waals surface area (Å²) in [5.41, 5.74) is 2.34. The molecule has 7 heteroatoms. The van der Waals surface area contributed by atoms with Crippen molar-refractivity contribution in [3.63, 3.8) is 0 Å². The minimum Gasteiger partial charge on any atom is -0.497 e. The molecule has 6 nitrogen and oxygen atoms in total. The van der Waals surface area contributed by atoms with E-state index in [-0.39, 0.29) is 11.7 Å². The second-order valence-corrected chi connectivity index (χ2v) is 6.46. The molecule has 2 aromatic carbocycles. The number of aryl methyl sites for hydroxylation is 1. The van der Waals surface area contributed by atoms with E-state index in [1.54, 1.807) is 31.4 Å². The van der Waals surface area contributed by atoms with Crippen molar-refractivity contribution in [3.05, 3.63) is 54.1 Å². The molecule has 0 spiro atoms. The Morgan fingerprint density at radius 2 is 1.88 bits per heavy atom. The van der Waals surface area contributed by atoms with Gasteiger partial charge in [0.25, 0.3) is 5.91 Å². The van der Waals surface area contributed by atoms with Gasteiger partial charge in [0.1, 0.15) is 5.75 Å². The van der Waals surface area contributed by atoms with Crippen molar-refractivity contribution in [3.8, 4) is 5.75 Å². The summed E-state index contributed by atoms with van der Waals surface area (Å²) in [6, 6.07) is 14.4.